The van der Waals surface area contributed by atoms with Crippen LogP contribution in [-0.2, 0) is 30.0 Å². The van der Waals surface area contributed by atoms with Gasteiger partial charge in [0.2, 0.25) is 5.78 Å². The van der Waals surface area contributed by atoms with E-state index >= 15 is 0 Å². The van der Waals surface area contributed by atoms with Crippen LogP contribution >= 0.6 is 0 Å². The number of nitrogens with two attached hydrogens (primary N) is 1. The summed E-state index contributed by atoms with van der Waals surface area (Å²) in [6, 6.07) is 17.3. The maximum absolute atomic E-state index is 14.3. The molecule has 1 fully saturated rings. The summed E-state index contributed by atoms with van der Waals surface area (Å²) in [7, 11) is 2.92. The highest BCUT2D eigenvalue weighted by Crippen LogP contribution is 2.56. The quantitative estimate of drug-likeness (QED) is 0.0938. The molecule has 17 heteroatoms. The van der Waals surface area contributed by atoms with Crippen LogP contribution in [0.1, 0.15) is 29.5 Å². The largest absolute Gasteiger partial charge is 0.508 e. The normalized spacial score (nSPS) is 24.1. The van der Waals surface area contributed by atoms with Crippen LogP contribution in [0.25, 0.3) is 16.5 Å². The smallest absolute Gasteiger partial charge is 0.323 e. The number of phenolic OH excluding ortho intramolecular Hbond substituents is 1. The molecule has 308 valence electrons. The number of urea groups is 1. The summed E-state index contributed by atoms with van der Waals surface area (Å²) < 4.78 is 26.8. The number of carbonyl (C=O) groups excluding carboxylic acids is 4. The Labute approximate surface area is 338 Å². The van der Waals surface area contributed by atoms with E-state index in [1.54, 1.807) is 37.3 Å². The Balaban J connectivity index is 1.12. The van der Waals surface area contributed by atoms with Crippen LogP contribution in [0.4, 0.5) is 21.9 Å². The maximum atomic E-state index is 14.3. The van der Waals surface area contributed by atoms with E-state index in [1.807, 2.05) is 37.2 Å². The van der Waals surface area contributed by atoms with Crippen LogP contribution in [0.2, 0.25) is 0 Å². The second-order valence-electron chi connectivity index (χ2n) is 15.6. The average molecular weight is 826 g/mol. The van der Waals surface area contributed by atoms with Crippen molar-refractivity contribution in [3.63, 3.8) is 0 Å². The number of hydrogen-bond donors (Lipinski definition) is 8. The Morgan fingerprint density at radius 2 is 1.59 bits per heavy atom. The summed E-state index contributed by atoms with van der Waals surface area (Å²) in [4.78, 5) is 56.5. The lowest BCUT2D eigenvalue weighted by Crippen LogP contribution is -2.70. The fourth-order valence-corrected chi connectivity index (χ4v) is 10.2. The van der Waals surface area contributed by atoms with Gasteiger partial charge in [0.15, 0.2) is 21.2 Å². The van der Waals surface area contributed by atoms with Gasteiger partial charge in [-0.15, -0.1) is 0 Å². The van der Waals surface area contributed by atoms with Crippen molar-refractivity contribution in [2.24, 2.45) is 17.6 Å². The highest BCUT2D eigenvalue weighted by atomic mass is 32.2. The van der Waals surface area contributed by atoms with E-state index < -0.39 is 97.3 Å². The summed E-state index contributed by atoms with van der Waals surface area (Å²) >= 11 is 0. The number of ketones is 2. The Kier molecular flexibility index (Phi) is 10.1. The first kappa shape index (κ1) is 40.9. The van der Waals surface area contributed by atoms with Crippen LogP contribution < -0.4 is 21.3 Å². The zero-order valence-corrected chi connectivity index (χ0v) is 33.4. The fraction of sp³-hybridized carbons (Fsp3) is 0.286. The van der Waals surface area contributed by atoms with E-state index in [9.17, 15) is 53.1 Å². The number of phenols is 1. The van der Waals surface area contributed by atoms with Gasteiger partial charge in [-0.3, -0.25) is 19.3 Å². The molecule has 4 aromatic carbocycles. The lowest BCUT2D eigenvalue weighted by atomic mass is 9.54. The molecule has 1 saturated carbocycles. The van der Waals surface area contributed by atoms with E-state index in [-0.39, 0.29) is 33.2 Å². The summed E-state index contributed by atoms with van der Waals surface area (Å²) in [5.41, 5.74) is 2.17. The number of anilines is 3. The SMILES string of the molecule is CC1c2ccc(NC(=O)Nc3ccc(CS(=O)(=O)c4ccc5c(N(C)C)cccc5c4)cc3)c(O)c2C(O)=C2C(=O)C3(O)C(O)=C(C(N)=O)C(=O)C(N(C)C)C3C(O)C21. The molecule has 3 aliphatic carbocycles. The lowest BCUT2D eigenvalue weighted by molar-refractivity contribution is -0.169. The summed E-state index contributed by atoms with van der Waals surface area (Å²) in [5.74, 6) is -10.7. The molecule has 0 aliphatic heterocycles. The van der Waals surface area contributed by atoms with Gasteiger partial charge in [-0.1, -0.05) is 43.3 Å². The second-order valence-corrected chi connectivity index (χ2v) is 17.6. The first-order valence-corrected chi connectivity index (χ1v) is 20.1. The van der Waals surface area contributed by atoms with Gasteiger partial charge >= 0.3 is 6.03 Å². The van der Waals surface area contributed by atoms with E-state index in [4.69, 9.17) is 5.73 Å². The van der Waals surface area contributed by atoms with E-state index in [0.717, 1.165) is 16.5 Å². The molecule has 59 heavy (non-hydrogen) atoms. The highest BCUT2D eigenvalue weighted by molar-refractivity contribution is 7.90. The number of aromatic hydroxyl groups is 1. The van der Waals surface area contributed by atoms with Crippen molar-refractivity contribution in [1.82, 2.24) is 4.90 Å². The molecule has 0 heterocycles. The third-order valence-corrected chi connectivity index (χ3v) is 13.3. The van der Waals surface area contributed by atoms with Gasteiger partial charge in [0.05, 0.1) is 40.0 Å². The molecular formula is C42H43N5O11S. The minimum absolute atomic E-state index is 0.165. The van der Waals surface area contributed by atoms with Gasteiger partial charge in [-0.25, -0.2) is 13.2 Å². The molecule has 0 spiro atoms. The number of amides is 3. The summed E-state index contributed by atoms with van der Waals surface area (Å²) in [5, 5.41) is 64.6. The number of Topliss-reactive ketones (excluding diaryl/α,β-unsaturated/α-hetero) is 2. The summed E-state index contributed by atoms with van der Waals surface area (Å²) in [6.07, 6.45) is -1.75. The van der Waals surface area contributed by atoms with Crippen LogP contribution in [0.3, 0.4) is 0 Å². The van der Waals surface area contributed by atoms with Crippen LogP contribution in [0.5, 0.6) is 5.75 Å². The monoisotopic (exact) mass is 825 g/mol. The van der Waals surface area contributed by atoms with E-state index in [0.29, 0.717) is 5.56 Å². The predicted octanol–water partition coefficient (Wildman–Crippen LogP) is 3.33. The number of carbonyl (C=O) groups is 4. The number of fused-ring (bicyclic) bond motifs is 4. The molecule has 6 atom stereocenters. The molecule has 7 rings (SSSR count). The third-order valence-electron chi connectivity index (χ3n) is 11.6. The van der Waals surface area contributed by atoms with Crippen LogP contribution in [0, 0.1) is 11.8 Å². The molecule has 4 aromatic rings. The predicted molar refractivity (Wildman–Crippen MR) is 219 cm³/mol. The number of sulfone groups is 1. The maximum Gasteiger partial charge on any atom is 0.323 e. The Morgan fingerprint density at radius 1 is 0.915 bits per heavy atom. The Morgan fingerprint density at radius 3 is 2.22 bits per heavy atom. The number of likely N-dealkylation sites (N-methyl/N-ethyl adjacent to an activating group) is 1. The Bertz CT molecular complexity index is 2660. The molecular weight excluding hydrogens is 783 g/mol. The van der Waals surface area contributed by atoms with Crippen molar-refractivity contribution < 1.29 is 53.1 Å². The standard InChI is InChI=1S/C42H43N5O11S/c1-19-24-15-16-26(34(48)29(24)35(49)30-28(19)36(50)32-33(47(4)5)37(51)31(40(43)54)39(53)42(32,56)38(30)52)45-41(55)44-22-11-9-20(10-12-22)18-59(57,58)23-13-14-25-21(17-23)7-6-8-27(25)46(2)3/h6-17,19,28,32-33,36,48-50,53,56H,18H2,1-5H3,(H2,43,54)(H2,44,45,55). The van der Waals surface area contributed by atoms with Crippen LogP contribution in [0.15, 0.2) is 94.6 Å². The molecule has 0 bridgehead atoms. The number of hydrogen-bond acceptors (Lipinski definition) is 13. The van der Waals surface area contributed by atoms with Crippen LogP contribution in [-0.4, -0.2) is 108 Å². The molecule has 6 unspecified atom stereocenters. The number of nitrogens with zero attached hydrogens (tertiary/aromatic N) is 2. The van der Waals surface area contributed by atoms with Crippen molar-refractivity contribution in [3.05, 3.63) is 106 Å². The minimum atomic E-state index is -3.74. The van der Waals surface area contributed by atoms with Crippen molar-refractivity contribution >= 4 is 66.9 Å². The van der Waals surface area contributed by atoms with Gasteiger partial charge in [0.25, 0.3) is 5.91 Å². The number of rotatable bonds is 8. The van der Waals surface area contributed by atoms with Gasteiger partial charge in [-0.2, -0.15) is 0 Å². The van der Waals surface area contributed by atoms with E-state index in [2.05, 4.69) is 10.6 Å². The first-order chi connectivity index (χ1) is 27.7. The molecule has 0 saturated heterocycles. The zero-order chi connectivity index (χ0) is 43.0. The second kappa shape index (κ2) is 14.5. The molecule has 3 amide bonds. The molecule has 9 N–H and O–H groups in total. The first-order valence-electron chi connectivity index (χ1n) is 18.5. The van der Waals surface area contributed by atoms with Crippen molar-refractivity contribution in [3.8, 4) is 5.75 Å². The van der Waals surface area contributed by atoms with E-state index in [1.165, 1.54) is 43.3 Å². The van der Waals surface area contributed by atoms with Gasteiger partial charge < -0.3 is 46.8 Å². The minimum Gasteiger partial charge on any atom is -0.508 e. The van der Waals surface area contributed by atoms with Crippen molar-refractivity contribution in [2.45, 2.75) is 41.2 Å². The topological polar surface area (TPSA) is 260 Å². The third kappa shape index (κ3) is 6.46. The average Bonchev–Trinajstić information content (AvgIpc) is 3.17. The highest BCUT2D eigenvalue weighted by Gasteiger charge is 2.68. The molecule has 0 radical (unpaired) electrons. The number of aliphatic hydroxyl groups excluding tert-OH is 3. The van der Waals surface area contributed by atoms with Gasteiger partial charge in [0, 0.05) is 42.3 Å². The zero-order valence-electron chi connectivity index (χ0n) is 32.6. The lowest BCUT2D eigenvalue weighted by Gasteiger charge is -2.53. The Hall–Kier alpha value is -6.27. The number of nitrogens with one attached hydrogen (secondary N) is 2. The fourth-order valence-electron chi connectivity index (χ4n) is 8.82. The summed E-state index contributed by atoms with van der Waals surface area (Å²) in [6.45, 7) is 1.59. The molecule has 0 aromatic heterocycles. The number of primary amides is 1. The van der Waals surface area contributed by atoms with Crippen molar-refractivity contribution in [2.75, 3.05) is 43.7 Å². The van der Waals surface area contributed by atoms with Crippen molar-refractivity contribution in [1.29, 1.82) is 0 Å². The van der Waals surface area contributed by atoms with Gasteiger partial charge in [-0.05, 0) is 72.9 Å². The number of benzene rings is 4. The van der Waals surface area contributed by atoms with Gasteiger partial charge in [0.1, 0.15) is 22.8 Å². The number of aliphatic hydroxyl groups is 4. The molecule has 16 nitrogen and oxygen atoms in total. The molecule has 3 aliphatic rings.